The molecule has 0 radical (unpaired) electrons. The molecule has 1 saturated carbocycles. The summed E-state index contributed by atoms with van der Waals surface area (Å²) >= 11 is 0. The van der Waals surface area contributed by atoms with Crippen molar-refractivity contribution >= 4 is 18.0 Å². The highest BCUT2D eigenvalue weighted by molar-refractivity contribution is 5.79. The van der Waals surface area contributed by atoms with Gasteiger partial charge in [0.25, 0.3) is 0 Å². The number of rotatable bonds is 10. The molecule has 2 aliphatic rings. The van der Waals surface area contributed by atoms with Gasteiger partial charge in [-0.05, 0) is 53.9 Å². The van der Waals surface area contributed by atoms with Gasteiger partial charge in [-0.2, -0.15) is 0 Å². The van der Waals surface area contributed by atoms with Gasteiger partial charge in [-0.25, -0.2) is 4.79 Å². The van der Waals surface area contributed by atoms with Crippen LogP contribution in [0.25, 0.3) is 11.1 Å². The van der Waals surface area contributed by atoms with Gasteiger partial charge in [-0.15, -0.1) is 0 Å². The number of amides is 2. The van der Waals surface area contributed by atoms with Gasteiger partial charge in [0.2, 0.25) is 5.91 Å². The molecule has 2 amide bonds. The minimum atomic E-state index is -0.769. The van der Waals surface area contributed by atoms with Crippen molar-refractivity contribution in [3.05, 3.63) is 59.7 Å². The van der Waals surface area contributed by atoms with E-state index in [4.69, 9.17) is 4.74 Å². The van der Waals surface area contributed by atoms with E-state index < -0.39 is 12.1 Å². The Bertz CT molecular complexity index is 1020. The first kappa shape index (κ1) is 24.8. The Balaban J connectivity index is 1.15. The number of hydrogen-bond acceptors (Lipinski definition) is 4. The third-order valence-electron chi connectivity index (χ3n) is 7.39. The molecule has 35 heavy (non-hydrogen) atoms. The molecule has 7 nitrogen and oxygen atoms in total. The average Bonchev–Trinajstić information content (AvgIpc) is 3.46. The first-order chi connectivity index (χ1) is 17.0. The van der Waals surface area contributed by atoms with Crippen molar-refractivity contribution in [3.63, 3.8) is 0 Å². The number of aliphatic carboxylic acids is 1. The summed E-state index contributed by atoms with van der Waals surface area (Å²) in [5.74, 6) is -1.36. The fraction of sp³-hybridized carbons (Fsp3) is 0.464. The molecule has 4 rings (SSSR count). The van der Waals surface area contributed by atoms with Crippen molar-refractivity contribution in [1.82, 2.24) is 10.6 Å². The minimum absolute atomic E-state index is 0.0129. The van der Waals surface area contributed by atoms with Crippen LogP contribution in [-0.4, -0.2) is 42.8 Å². The Labute approximate surface area is 206 Å². The lowest BCUT2D eigenvalue weighted by atomic mass is 9.96. The maximum absolute atomic E-state index is 12.4. The zero-order valence-corrected chi connectivity index (χ0v) is 20.2. The monoisotopic (exact) mass is 478 g/mol. The van der Waals surface area contributed by atoms with E-state index in [1.54, 1.807) is 0 Å². The normalized spacial score (nSPS) is 19.5. The van der Waals surface area contributed by atoms with Crippen LogP contribution in [0.1, 0.15) is 56.1 Å². The molecule has 3 atom stereocenters. The number of carboxylic acids is 1. The Morgan fingerprint density at radius 2 is 1.66 bits per heavy atom. The number of benzene rings is 2. The Morgan fingerprint density at radius 1 is 1.00 bits per heavy atom. The molecule has 0 bridgehead atoms. The number of fused-ring (bicyclic) bond motifs is 3. The fourth-order valence-electron chi connectivity index (χ4n) is 5.39. The van der Waals surface area contributed by atoms with Gasteiger partial charge in [0.1, 0.15) is 6.61 Å². The van der Waals surface area contributed by atoms with Gasteiger partial charge in [-0.3, -0.25) is 9.59 Å². The van der Waals surface area contributed by atoms with E-state index in [2.05, 4.69) is 34.9 Å². The van der Waals surface area contributed by atoms with Crippen LogP contribution < -0.4 is 10.6 Å². The highest BCUT2D eigenvalue weighted by atomic mass is 16.5. The molecule has 186 valence electrons. The molecule has 1 unspecified atom stereocenters. The molecule has 0 aromatic heterocycles. The molecule has 3 N–H and O–H groups in total. The van der Waals surface area contributed by atoms with Crippen LogP contribution in [0.5, 0.6) is 0 Å². The molecule has 1 fully saturated rings. The van der Waals surface area contributed by atoms with Gasteiger partial charge in [0.15, 0.2) is 0 Å². The smallest absolute Gasteiger partial charge is 0.407 e. The number of hydrogen-bond donors (Lipinski definition) is 3. The van der Waals surface area contributed by atoms with Gasteiger partial charge in [-0.1, -0.05) is 61.9 Å². The minimum Gasteiger partial charge on any atom is -0.481 e. The summed E-state index contributed by atoms with van der Waals surface area (Å²) in [4.78, 5) is 36.0. The molecule has 2 aromatic rings. The van der Waals surface area contributed by atoms with Crippen LogP contribution in [0.3, 0.4) is 0 Å². The number of carboxylic acid groups (broad SMARTS) is 1. The molecule has 2 aromatic carbocycles. The van der Waals surface area contributed by atoms with Crippen LogP contribution in [0.15, 0.2) is 48.5 Å². The van der Waals surface area contributed by atoms with Gasteiger partial charge < -0.3 is 20.5 Å². The van der Waals surface area contributed by atoms with E-state index >= 15 is 0 Å². The first-order valence-corrected chi connectivity index (χ1v) is 12.5. The third kappa shape index (κ3) is 5.84. The van der Waals surface area contributed by atoms with Crippen LogP contribution in [-0.2, 0) is 14.3 Å². The van der Waals surface area contributed by atoms with Crippen LogP contribution in [0, 0.1) is 17.8 Å². The summed E-state index contributed by atoms with van der Waals surface area (Å²) in [6, 6.07) is 16.4. The second kappa shape index (κ2) is 11.4. The molecule has 0 spiro atoms. The Kier molecular flexibility index (Phi) is 8.06. The maximum atomic E-state index is 12.4. The molecular formula is C28H34N2O5. The summed E-state index contributed by atoms with van der Waals surface area (Å²) in [7, 11) is 0. The van der Waals surface area contributed by atoms with Crippen LogP contribution in [0.2, 0.25) is 0 Å². The van der Waals surface area contributed by atoms with E-state index in [1.165, 1.54) is 22.3 Å². The SMILES string of the molecule is CC(CCCNC(=O)OCC1c2ccccc2-c2ccccc21)C(=O)NC[C@H]1CCC[C@H]1C(=O)O. The zero-order valence-electron chi connectivity index (χ0n) is 20.2. The van der Waals surface area contributed by atoms with E-state index in [-0.39, 0.29) is 36.2 Å². The predicted molar refractivity (Wildman–Crippen MR) is 133 cm³/mol. The van der Waals surface area contributed by atoms with E-state index in [1.807, 2.05) is 31.2 Å². The van der Waals surface area contributed by atoms with Crippen molar-refractivity contribution in [2.24, 2.45) is 17.8 Å². The van der Waals surface area contributed by atoms with Crippen molar-refractivity contribution in [2.75, 3.05) is 19.7 Å². The third-order valence-corrected chi connectivity index (χ3v) is 7.39. The van der Waals surface area contributed by atoms with Crippen molar-refractivity contribution in [1.29, 1.82) is 0 Å². The summed E-state index contributed by atoms with van der Waals surface area (Å²) in [6.07, 6.45) is 3.25. The molecule has 2 aliphatic carbocycles. The summed E-state index contributed by atoms with van der Waals surface area (Å²) in [5, 5.41) is 15.0. The average molecular weight is 479 g/mol. The number of carbonyl (C=O) groups excluding carboxylic acids is 2. The number of ether oxygens (including phenoxy) is 1. The summed E-state index contributed by atoms with van der Waals surface area (Å²) in [5.41, 5.74) is 4.73. The number of alkyl carbamates (subject to hydrolysis) is 1. The predicted octanol–water partition coefficient (Wildman–Crippen LogP) is 4.56. The largest absolute Gasteiger partial charge is 0.481 e. The van der Waals surface area contributed by atoms with E-state index in [0.29, 0.717) is 32.4 Å². The van der Waals surface area contributed by atoms with E-state index in [9.17, 15) is 19.5 Å². The van der Waals surface area contributed by atoms with E-state index in [0.717, 1.165) is 12.8 Å². The second-order valence-corrected chi connectivity index (χ2v) is 9.68. The van der Waals surface area contributed by atoms with Crippen LogP contribution >= 0.6 is 0 Å². The lowest BCUT2D eigenvalue weighted by molar-refractivity contribution is -0.143. The van der Waals surface area contributed by atoms with Crippen LogP contribution in [0.4, 0.5) is 4.79 Å². The first-order valence-electron chi connectivity index (χ1n) is 12.5. The quantitative estimate of drug-likeness (QED) is 0.434. The summed E-state index contributed by atoms with van der Waals surface area (Å²) < 4.78 is 5.54. The molecule has 7 heteroatoms. The Hall–Kier alpha value is -3.35. The number of carbonyl (C=O) groups is 3. The standard InChI is InChI=1S/C28H34N2O5/c1-18(26(31)30-16-19-9-6-14-20(19)27(32)33)8-7-15-29-28(34)35-17-25-23-12-4-2-10-21(23)22-11-3-5-13-24(22)25/h2-5,10-13,18-20,25H,6-9,14-17H2,1H3,(H,29,34)(H,30,31)(H,32,33)/t18?,19-,20-/m1/s1. The van der Waals surface area contributed by atoms with Gasteiger partial charge >= 0.3 is 12.1 Å². The summed E-state index contributed by atoms with van der Waals surface area (Å²) in [6.45, 7) is 2.97. The van der Waals surface area contributed by atoms with Crippen molar-refractivity contribution < 1.29 is 24.2 Å². The molecule has 0 saturated heterocycles. The fourth-order valence-corrected chi connectivity index (χ4v) is 5.39. The maximum Gasteiger partial charge on any atom is 0.407 e. The topological polar surface area (TPSA) is 105 Å². The van der Waals surface area contributed by atoms with Gasteiger partial charge in [0.05, 0.1) is 5.92 Å². The molecule has 0 heterocycles. The Morgan fingerprint density at radius 3 is 2.31 bits per heavy atom. The molecular weight excluding hydrogens is 444 g/mol. The van der Waals surface area contributed by atoms with Crippen molar-refractivity contribution in [2.45, 2.75) is 44.9 Å². The lowest BCUT2D eigenvalue weighted by Crippen LogP contribution is -2.36. The zero-order chi connectivity index (χ0) is 24.8. The van der Waals surface area contributed by atoms with Gasteiger partial charge in [0, 0.05) is 24.9 Å². The molecule has 0 aliphatic heterocycles. The second-order valence-electron chi connectivity index (χ2n) is 9.68. The number of nitrogens with one attached hydrogen (secondary N) is 2. The van der Waals surface area contributed by atoms with Crippen molar-refractivity contribution in [3.8, 4) is 11.1 Å². The highest BCUT2D eigenvalue weighted by Gasteiger charge is 2.33. The lowest BCUT2D eigenvalue weighted by Gasteiger charge is -2.18. The highest BCUT2D eigenvalue weighted by Crippen LogP contribution is 2.44.